The highest BCUT2D eigenvalue weighted by Gasteiger charge is 2.10. The molecule has 5 heteroatoms. The van der Waals surface area contributed by atoms with Gasteiger partial charge in [-0.3, -0.25) is 4.21 Å². The largest absolute Gasteiger partial charge is 0.496 e. The predicted molar refractivity (Wildman–Crippen MR) is 79.0 cm³/mol. The van der Waals surface area contributed by atoms with E-state index in [0.29, 0.717) is 27.1 Å². The SMILES string of the molecule is COc1ccc(N)cc1CS(=O)c1cccc(Cl)c1. The van der Waals surface area contributed by atoms with E-state index in [4.69, 9.17) is 22.1 Å². The van der Waals surface area contributed by atoms with Gasteiger partial charge in [0.25, 0.3) is 0 Å². The lowest BCUT2D eigenvalue weighted by Gasteiger charge is -2.09. The first-order chi connectivity index (χ1) is 9.10. The molecule has 0 fully saturated rings. The maximum Gasteiger partial charge on any atom is 0.123 e. The van der Waals surface area contributed by atoms with Crippen molar-refractivity contribution in [2.24, 2.45) is 0 Å². The van der Waals surface area contributed by atoms with Crippen LogP contribution < -0.4 is 10.5 Å². The van der Waals surface area contributed by atoms with E-state index in [9.17, 15) is 4.21 Å². The Hall–Kier alpha value is -1.52. The maximum atomic E-state index is 12.3. The van der Waals surface area contributed by atoms with Gasteiger partial charge in [-0.15, -0.1) is 0 Å². The summed E-state index contributed by atoms with van der Waals surface area (Å²) in [5.41, 5.74) is 7.19. The average Bonchev–Trinajstić information content (AvgIpc) is 2.39. The number of nitrogens with two attached hydrogens (primary N) is 1. The van der Waals surface area contributed by atoms with E-state index in [-0.39, 0.29) is 0 Å². The second kappa shape index (κ2) is 6.08. The Morgan fingerprint density at radius 3 is 2.74 bits per heavy atom. The molecule has 0 spiro atoms. The molecule has 0 saturated carbocycles. The lowest BCUT2D eigenvalue weighted by Crippen LogP contribution is -2.00. The van der Waals surface area contributed by atoms with Crippen LogP contribution in [0.3, 0.4) is 0 Å². The van der Waals surface area contributed by atoms with Gasteiger partial charge in [-0.2, -0.15) is 0 Å². The number of benzene rings is 2. The van der Waals surface area contributed by atoms with E-state index in [1.807, 2.05) is 0 Å². The number of halogens is 1. The molecule has 2 aromatic rings. The van der Waals surface area contributed by atoms with Crippen molar-refractivity contribution in [3.8, 4) is 5.75 Å². The molecule has 100 valence electrons. The van der Waals surface area contributed by atoms with Gasteiger partial charge in [-0.1, -0.05) is 17.7 Å². The van der Waals surface area contributed by atoms with Crippen LogP contribution in [0.4, 0.5) is 5.69 Å². The number of rotatable bonds is 4. The van der Waals surface area contributed by atoms with Crippen LogP contribution in [0.25, 0.3) is 0 Å². The number of anilines is 1. The molecule has 2 aromatic carbocycles. The highest BCUT2D eigenvalue weighted by Crippen LogP contribution is 2.25. The Balaban J connectivity index is 2.26. The molecular weight excluding hydrogens is 282 g/mol. The van der Waals surface area contributed by atoms with E-state index in [1.54, 1.807) is 49.6 Å². The molecule has 0 bridgehead atoms. The van der Waals surface area contributed by atoms with Gasteiger partial charge >= 0.3 is 0 Å². The van der Waals surface area contributed by atoms with Crippen molar-refractivity contribution in [2.75, 3.05) is 12.8 Å². The molecule has 0 heterocycles. The van der Waals surface area contributed by atoms with Crippen LogP contribution >= 0.6 is 11.6 Å². The van der Waals surface area contributed by atoms with Crippen LogP contribution in [-0.2, 0) is 16.6 Å². The van der Waals surface area contributed by atoms with Crippen molar-refractivity contribution >= 4 is 28.1 Å². The highest BCUT2D eigenvalue weighted by atomic mass is 35.5. The van der Waals surface area contributed by atoms with Crippen molar-refractivity contribution < 1.29 is 8.95 Å². The molecule has 0 radical (unpaired) electrons. The normalized spacial score (nSPS) is 12.1. The molecule has 1 unspecified atom stereocenters. The molecule has 3 nitrogen and oxygen atoms in total. The summed E-state index contributed by atoms with van der Waals surface area (Å²) in [5, 5.41) is 0.574. The number of hydrogen-bond donors (Lipinski definition) is 1. The minimum absolute atomic E-state index is 0.342. The third kappa shape index (κ3) is 3.49. The van der Waals surface area contributed by atoms with Gasteiger partial charge < -0.3 is 10.5 Å². The molecule has 0 aromatic heterocycles. The van der Waals surface area contributed by atoms with Crippen molar-refractivity contribution in [3.63, 3.8) is 0 Å². The molecule has 1 atom stereocenters. The summed E-state index contributed by atoms with van der Waals surface area (Å²) in [6.07, 6.45) is 0. The third-order valence-electron chi connectivity index (χ3n) is 2.65. The van der Waals surface area contributed by atoms with Gasteiger partial charge in [0.05, 0.1) is 23.7 Å². The Bertz CT molecular complexity index is 616. The van der Waals surface area contributed by atoms with E-state index in [1.165, 1.54) is 0 Å². The predicted octanol–water partition coefficient (Wildman–Crippen LogP) is 3.24. The summed E-state index contributed by atoms with van der Waals surface area (Å²) in [5.74, 6) is 1.03. The minimum atomic E-state index is -1.18. The zero-order valence-corrected chi connectivity index (χ0v) is 12.0. The Labute approximate surface area is 119 Å². The smallest absolute Gasteiger partial charge is 0.123 e. The average molecular weight is 296 g/mol. The molecule has 0 saturated heterocycles. The van der Waals surface area contributed by atoms with Crippen LogP contribution in [0.15, 0.2) is 47.4 Å². The van der Waals surface area contributed by atoms with Crippen molar-refractivity contribution in [1.82, 2.24) is 0 Å². The van der Waals surface area contributed by atoms with Crippen LogP contribution in [0.2, 0.25) is 5.02 Å². The fraction of sp³-hybridized carbons (Fsp3) is 0.143. The van der Waals surface area contributed by atoms with Crippen LogP contribution in [0.1, 0.15) is 5.56 Å². The van der Waals surface area contributed by atoms with E-state index < -0.39 is 10.8 Å². The Kier molecular flexibility index (Phi) is 4.45. The molecule has 2 rings (SSSR count). The summed E-state index contributed by atoms with van der Waals surface area (Å²) in [6, 6.07) is 12.3. The lowest BCUT2D eigenvalue weighted by atomic mass is 10.2. The fourth-order valence-electron chi connectivity index (χ4n) is 1.74. The van der Waals surface area contributed by atoms with Crippen molar-refractivity contribution in [2.45, 2.75) is 10.6 Å². The number of nitrogen functional groups attached to an aromatic ring is 1. The second-order valence-electron chi connectivity index (χ2n) is 4.02. The van der Waals surface area contributed by atoms with Crippen LogP contribution in [0.5, 0.6) is 5.75 Å². The third-order valence-corrected chi connectivity index (χ3v) is 4.24. The quantitative estimate of drug-likeness (QED) is 0.881. The first-order valence-electron chi connectivity index (χ1n) is 5.66. The summed E-state index contributed by atoms with van der Waals surface area (Å²) in [7, 11) is 0.396. The lowest BCUT2D eigenvalue weighted by molar-refractivity contribution is 0.411. The number of hydrogen-bond acceptors (Lipinski definition) is 3. The number of ether oxygens (including phenoxy) is 1. The molecule has 0 aliphatic heterocycles. The van der Waals surface area contributed by atoms with E-state index in [2.05, 4.69) is 0 Å². The molecule has 2 N–H and O–H groups in total. The van der Waals surface area contributed by atoms with Crippen LogP contribution in [0, 0.1) is 0 Å². The summed E-state index contributed by atoms with van der Waals surface area (Å²) in [4.78, 5) is 0.692. The second-order valence-corrected chi connectivity index (χ2v) is 5.91. The first-order valence-corrected chi connectivity index (χ1v) is 7.36. The van der Waals surface area contributed by atoms with E-state index >= 15 is 0 Å². The zero-order valence-electron chi connectivity index (χ0n) is 10.4. The van der Waals surface area contributed by atoms with Crippen molar-refractivity contribution in [3.05, 3.63) is 53.1 Å². The first kappa shape index (κ1) is 13.9. The van der Waals surface area contributed by atoms with Crippen LogP contribution in [-0.4, -0.2) is 11.3 Å². The summed E-state index contributed by atoms with van der Waals surface area (Å²) in [6.45, 7) is 0. The molecule has 0 aliphatic rings. The maximum absolute atomic E-state index is 12.3. The molecular formula is C14H14ClNO2S. The van der Waals surface area contributed by atoms with E-state index in [0.717, 1.165) is 5.56 Å². The minimum Gasteiger partial charge on any atom is -0.496 e. The zero-order chi connectivity index (χ0) is 13.8. The summed E-state index contributed by atoms with van der Waals surface area (Å²) < 4.78 is 17.5. The molecule has 19 heavy (non-hydrogen) atoms. The van der Waals surface area contributed by atoms with Gasteiger partial charge in [0.15, 0.2) is 0 Å². The van der Waals surface area contributed by atoms with Gasteiger partial charge in [-0.05, 0) is 36.4 Å². The fourth-order valence-corrected chi connectivity index (χ4v) is 3.16. The van der Waals surface area contributed by atoms with Gasteiger partial charge in [0.1, 0.15) is 5.75 Å². The standard InChI is InChI=1S/C14H14ClNO2S/c1-18-14-6-5-12(16)7-10(14)9-19(17)13-4-2-3-11(15)8-13/h2-8H,9,16H2,1H3. The van der Waals surface area contributed by atoms with Gasteiger partial charge in [0.2, 0.25) is 0 Å². The molecule has 0 amide bonds. The molecule has 0 aliphatic carbocycles. The van der Waals surface area contributed by atoms with Crippen molar-refractivity contribution in [1.29, 1.82) is 0 Å². The number of methoxy groups -OCH3 is 1. The highest BCUT2D eigenvalue weighted by molar-refractivity contribution is 7.84. The van der Waals surface area contributed by atoms with Gasteiger partial charge in [-0.25, -0.2) is 0 Å². The summed E-state index contributed by atoms with van der Waals surface area (Å²) >= 11 is 5.90. The topological polar surface area (TPSA) is 52.3 Å². The Morgan fingerprint density at radius 1 is 1.26 bits per heavy atom. The van der Waals surface area contributed by atoms with Gasteiger partial charge in [0, 0.05) is 21.2 Å². The Morgan fingerprint density at radius 2 is 2.05 bits per heavy atom. The monoisotopic (exact) mass is 295 g/mol.